The predicted molar refractivity (Wildman–Crippen MR) is 76.7 cm³/mol. The van der Waals surface area contributed by atoms with Gasteiger partial charge >= 0.3 is 0 Å². The molecular weight excluding hydrogens is 230 g/mol. The van der Waals surface area contributed by atoms with E-state index in [9.17, 15) is 0 Å². The van der Waals surface area contributed by atoms with Crippen LogP contribution in [0.25, 0.3) is 0 Å². The Kier molecular flexibility index (Phi) is 6.31. The minimum Gasteiger partial charge on any atom is -0.310 e. The molecule has 1 nitrogen and oxygen atoms in total. The normalized spacial score (nSPS) is 12.4. The van der Waals surface area contributed by atoms with Crippen LogP contribution in [0, 0.1) is 6.92 Å². The van der Waals surface area contributed by atoms with E-state index in [2.05, 4.69) is 37.9 Å². The van der Waals surface area contributed by atoms with Crippen LogP contribution in [0.1, 0.15) is 43.4 Å². The summed E-state index contributed by atoms with van der Waals surface area (Å²) in [7, 11) is 0. The zero-order chi connectivity index (χ0) is 12.7. The summed E-state index contributed by atoms with van der Waals surface area (Å²) in [5, 5.41) is 4.37. The quantitative estimate of drug-likeness (QED) is 0.549. The lowest BCUT2D eigenvalue weighted by atomic mass is 9.99. The first kappa shape index (κ1) is 14.3. The Morgan fingerprint density at radius 3 is 2.82 bits per heavy atom. The zero-order valence-corrected chi connectivity index (χ0v) is 11.6. The van der Waals surface area contributed by atoms with Gasteiger partial charge < -0.3 is 5.32 Å². The number of unbranched alkanes of at least 4 members (excludes halogenated alkanes) is 1. The Hall–Kier alpha value is -0.790. The maximum absolute atomic E-state index is 6.06. The topological polar surface area (TPSA) is 12.0 Å². The van der Waals surface area contributed by atoms with Gasteiger partial charge in [0.25, 0.3) is 0 Å². The highest BCUT2D eigenvalue weighted by atomic mass is 35.5. The van der Waals surface area contributed by atoms with Crippen molar-refractivity contribution >= 4 is 11.6 Å². The van der Waals surface area contributed by atoms with Crippen molar-refractivity contribution in [3.63, 3.8) is 0 Å². The molecule has 1 atom stereocenters. The van der Waals surface area contributed by atoms with Crippen LogP contribution in [0.2, 0.25) is 5.02 Å². The summed E-state index contributed by atoms with van der Waals surface area (Å²) >= 11 is 6.06. The fourth-order valence-electron chi connectivity index (χ4n) is 1.98. The molecule has 17 heavy (non-hydrogen) atoms. The maximum atomic E-state index is 6.06. The summed E-state index contributed by atoms with van der Waals surface area (Å²) in [4.78, 5) is 0. The third-order valence-corrected chi connectivity index (χ3v) is 3.36. The Balaban J connectivity index is 2.73. The average molecular weight is 252 g/mol. The van der Waals surface area contributed by atoms with Crippen LogP contribution in [0.5, 0.6) is 0 Å². The highest BCUT2D eigenvalue weighted by Gasteiger charge is 2.10. The fourth-order valence-corrected chi connectivity index (χ4v) is 2.10. The number of halogens is 1. The van der Waals surface area contributed by atoms with Gasteiger partial charge in [-0.3, -0.25) is 0 Å². The second-order valence-electron chi connectivity index (χ2n) is 4.34. The van der Waals surface area contributed by atoms with Crippen LogP contribution in [-0.2, 0) is 0 Å². The van der Waals surface area contributed by atoms with Crippen molar-refractivity contribution < 1.29 is 0 Å². The second kappa shape index (κ2) is 7.52. The molecule has 0 aliphatic heterocycles. The first-order valence-corrected chi connectivity index (χ1v) is 6.67. The Bertz CT molecular complexity index is 360. The minimum atomic E-state index is 0.427. The molecule has 0 spiro atoms. The van der Waals surface area contributed by atoms with Crippen LogP contribution in [-0.4, -0.2) is 6.54 Å². The molecule has 1 rings (SSSR count). The van der Waals surface area contributed by atoms with Crippen LogP contribution < -0.4 is 5.32 Å². The molecule has 0 saturated heterocycles. The summed E-state index contributed by atoms with van der Waals surface area (Å²) in [5.74, 6) is 0. The smallest absolute Gasteiger partial charge is 0.0435 e. The number of hydrogen-bond donors (Lipinski definition) is 1. The van der Waals surface area contributed by atoms with Crippen LogP contribution in [0.4, 0.5) is 0 Å². The predicted octanol–water partition coefficient (Wildman–Crippen LogP) is 4.66. The SMILES string of the molecule is C=CCCCC(NCC)c1ccc(Cl)c(C)c1. The number of allylic oxidation sites excluding steroid dienone is 1. The van der Waals surface area contributed by atoms with Crippen molar-refractivity contribution in [1.29, 1.82) is 0 Å². The van der Waals surface area contributed by atoms with Gasteiger partial charge in [-0.05, 0) is 49.9 Å². The lowest BCUT2D eigenvalue weighted by Gasteiger charge is -2.19. The van der Waals surface area contributed by atoms with Gasteiger partial charge in [-0.2, -0.15) is 0 Å². The van der Waals surface area contributed by atoms with E-state index in [1.165, 1.54) is 12.0 Å². The van der Waals surface area contributed by atoms with Crippen LogP contribution in [0.15, 0.2) is 30.9 Å². The Morgan fingerprint density at radius 2 is 2.24 bits per heavy atom. The van der Waals surface area contributed by atoms with E-state index >= 15 is 0 Å². The number of hydrogen-bond acceptors (Lipinski definition) is 1. The molecule has 94 valence electrons. The third-order valence-electron chi connectivity index (χ3n) is 2.94. The molecule has 1 unspecified atom stereocenters. The fraction of sp³-hybridized carbons (Fsp3) is 0.467. The summed E-state index contributed by atoms with van der Waals surface area (Å²) in [5.41, 5.74) is 2.48. The monoisotopic (exact) mass is 251 g/mol. The molecule has 0 aliphatic rings. The molecule has 0 bridgehead atoms. The summed E-state index contributed by atoms with van der Waals surface area (Å²) in [6, 6.07) is 6.72. The van der Waals surface area contributed by atoms with Gasteiger partial charge in [0.2, 0.25) is 0 Å². The van der Waals surface area contributed by atoms with Gasteiger partial charge in [-0.1, -0.05) is 36.7 Å². The zero-order valence-electron chi connectivity index (χ0n) is 10.8. The molecule has 1 aromatic carbocycles. The highest BCUT2D eigenvalue weighted by molar-refractivity contribution is 6.31. The van der Waals surface area contributed by atoms with E-state index in [0.29, 0.717) is 6.04 Å². The van der Waals surface area contributed by atoms with E-state index in [0.717, 1.165) is 30.0 Å². The van der Waals surface area contributed by atoms with Crippen molar-refractivity contribution in [3.05, 3.63) is 47.0 Å². The van der Waals surface area contributed by atoms with Gasteiger partial charge in [0.15, 0.2) is 0 Å². The van der Waals surface area contributed by atoms with E-state index in [1.807, 2.05) is 12.1 Å². The third kappa shape index (κ3) is 4.53. The van der Waals surface area contributed by atoms with E-state index < -0.39 is 0 Å². The van der Waals surface area contributed by atoms with Gasteiger partial charge in [0, 0.05) is 11.1 Å². The molecule has 0 amide bonds. The highest BCUT2D eigenvalue weighted by Crippen LogP contribution is 2.24. The molecule has 0 heterocycles. The molecule has 2 heteroatoms. The molecule has 1 N–H and O–H groups in total. The van der Waals surface area contributed by atoms with Crippen molar-refractivity contribution in [1.82, 2.24) is 5.32 Å². The second-order valence-corrected chi connectivity index (χ2v) is 4.75. The summed E-state index contributed by atoms with van der Waals surface area (Å²) < 4.78 is 0. The van der Waals surface area contributed by atoms with Crippen molar-refractivity contribution in [2.75, 3.05) is 6.54 Å². The minimum absolute atomic E-state index is 0.427. The van der Waals surface area contributed by atoms with E-state index in [-0.39, 0.29) is 0 Å². The van der Waals surface area contributed by atoms with Crippen LogP contribution >= 0.6 is 11.6 Å². The molecule has 0 aromatic heterocycles. The lowest BCUT2D eigenvalue weighted by Crippen LogP contribution is -2.20. The first-order chi connectivity index (χ1) is 8.19. The summed E-state index contributed by atoms with van der Waals surface area (Å²) in [6.07, 6.45) is 5.37. The van der Waals surface area contributed by atoms with E-state index in [4.69, 9.17) is 11.6 Å². The van der Waals surface area contributed by atoms with Gasteiger partial charge in [-0.25, -0.2) is 0 Å². The number of nitrogens with one attached hydrogen (secondary N) is 1. The number of rotatable bonds is 7. The van der Waals surface area contributed by atoms with Gasteiger partial charge in [-0.15, -0.1) is 6.58 Å². The molecule has 1 aromatic rings. The van der Waals surface area contributed by atoms with E-state index in [1.54, 1.807) is 0 Å². The van der Waals surface area contributed by atoms with Gasteiger partial charge in [0.1, 0.15) is 0 Å². The molecule has 0 fully saturated rings. The molecular formula is C15H22ClN. The first-order valence-electron chi connectivity index (χ1n) is 6.29. The number of aryl methyl sites for hydroxylation is 1. The molecule has 0 radical (unpaired) electrons. The summed E-state index contributed by atoms with van der Waals surface area (Å²) in [6.45, 7) is 8.95. The Labute approximate surface area is 110 Å². The standard InChI is InChI=1S/C15H22ClN/c1-4-6-7-8-15(17-5-2)13-9-10-14(16)12(3)11-13/h4,9-11,15,17H,1,5-8H2,2-3H3. The molecule has 0 saturated carbocycles. The van der Waals surface area contributed by atoms with Crippen molar-refractivity contribution in [3.8, 4) is 0 Å². The van der Waals surface area contributed by atoms with Crippen molar-refractivity contribution in [2.24, 2.45) is 0 Å². The Morgan fingerprint density at radius 1 is 1.47 bits per heavy atom. The largest absolute Gasteiger partial charge is 0.310 e. The van der Waals surface area contributed by atoms with Gasteiger partial charge in [0.05, 0.1) is 0 Å². The number of benzene rings is 1. The molecule has 0 aliphatic carbocycles. The van der Waals surface area contributed by atoms with Crippen molar-refractivity contribution in [2.45, 2.75) is 39.2 Å². The maximum Gasteiger partial charge on any atom is 0.0435 e. The lowest BCUT2D eigenvalue weighted by molar-refractivity contribution is 0.500. The van der Waals surface area contributed by atoms with Crippen LogP contribution in [0.3, 0.4) is 0 Å². The average Bonchev–Trinajstić information content (AvgIpc) is 2.32.